The maximum absolute atomic E-state index is 13.4. The normalized spacial score (nSPS) is 38.6. The first-order valence-corrected chi connectivity index (χ1v) is 16.5. The summed E-state index contributed by atoms with van der Waals surface area (Å²) in [5, 5.41) is 0. The second-order valence-electron chi connectivity index (χ2n) is 10.9. The number of aromatic amines is 1. The van der Waals surface area contributed by atoms with E-state index < -0.39 is 76.9 Å². The number of H-pyrrole nitrogens is 1. The van der Waals surface area contributed by atoms with Crippen LogP contribution in [0.1, 0.15) is 18.9 Å². The van der Waals surface area contributed by atoms with Gasteiger partial charge >= 0.3 is 15.6 Å². The fraction of sp³-hybridized carbons (Fsp3) is 0.500. The average molecular weight is 669 g/mol. The van der Waals surface area contributed by atoms with Gasteiger partial charge in [0, 0.05) is 12.6 Å². The summed E-state index contributed by atoms with van der Waals surface area (Å²) in [7, 11) is -9.74. The fourth-order valence-corrected chi connectivity index (χ4v) is 8.04. The van der Waals surface area contributed by atoms with Crippen LogP contribution in [0.4, 0.5) is 11.6 Å². The van der Waals surface area contributed by atoms with Crippen LogP contribution < -0.4 is 17.0 Å². The summed E-state index contributed by atoms with van der Waals surface area (Å²) >= 11 is 0. The van der Waals surface area contributed by atoms with Crippen LogP contribution >= 0.6 is 15.6 Å². The molecule has 0 saturated carbocycles. The largest absolute Gasteiger partial charge is 0.472 e. The monoisotopic (exact) mass is 669 g/mol. The first kappa shape index (κ1) is 29.1. The Bertz CT molecular complexity index is 1990. The Morgan fingerprint density at radius 2 is 1.73 bits per heavy atom. The van der Waals surface area contributed by atoms with Crippen LogP contribution in [0.5, 0.6) is 0 Å². The summed E-state index contributed by atoms with van der Waals surface area (Å²) in [6.45, 7) is -1.39. The molecule has 0 aromatic carbocycles. The minimum Gasteiger partial charge on any atom is -0.397 e. The van der Waals surface area contributed by atoms with Crippen molar-refractivity contribution in [3.8, 4) is 0 Å². The molecule has 0 amide bonds. The summed E-state index contributed by atoms with van der Waals surface area (Å²) in [5.74, 6) is -0.204. The van der Waals surface area contributed by atoms with Gasteiger partial charge in [0.05, 0.1) is 44.3 Å². The predicted molar refractivity (Wildman–Crippen MR) is 147 cm³/mol. The van der Waals surface area contributed by atoms with Crippen LogP contribution in [-0.2, 0) is 41.4 Å². The average Bonchev–Trinajstić information content (AvgIpc) is 3.79. The van der Waals surface area contributed by atoms with Crippen molar-refractivity contribution in [3.63, 3.8) is 0 Å². The lowest BCUT2D eigenvalue weighted by atomic mass is 10.0. The molecule has 0 spiro atoms. The van der Waals surface area contributed by atoms with Crippen molar-refractivity contribution in [2.24, 2.45) is 0 Å². The van der Waals surface area contributed by atoms with Crippen LogP contribution in [0.25, 0.3) is 22.3 Å². The highest BCUT2D eigenvalue weighted by molar-refractivity contribution is 7.47. The van der Waals surface area contributed by atoms with Gasteiger partial charge in [0.25, 0.3) is 5.56 Å². The van der Waals surface area contributed by atoms with Gasteiger partial charge in [-0.1, -0.05) is 0 Å². The number of hydrogen-bond acceptors (Lipinski definition) is 16. The topological polar surface area (TPSA) is 286 Å². The zero-order chi connectivity index (χ0) is 31.3. The molecule has 240 valence electrons. The first-order chi connectivity index (χ1) is 21.4. The van der Waals surface area contributed by atoms with Crippen LogP contribution in [0, 0.1) is 0 Å². The van der Waals surface area contributed by atoms with E-state index >= 15 is 0 Å². The van der Waals surface area contributed by atoms with Gasteiger partial charge < -0.3 is 35.5 Å². The number of aromatic nitrogens is 7. The van der Waals surface area contributed by atoms with E-state index in [0.29, 0.717) is 16.9 Å². The van der Waals surface area contributed by atoms with E-state index in [1.807, 2.05) is 0 Å². The Labute approximate surface area is 250 Å². The molecule has 3 unspecified atom stereocenters. The molecule has 4 fully saturated rings. The molecule has 0 radical (unpaired) electrons. The molecule has 45 heavy (non-hydrogen) atoms. The summed E-state index contributed by atoms with van der Waals surface area (Å²) in [5.41, 5.74) is 10.5. The number of nitrogens with one attached hydrogen (secondary N) is 1. The van der Waals surface area contributed by atoms with E-state index in [-0.39, 0.29) is 30.1 Å². The van der Waals surface area contributed by atoms with Crippen molar-refractivity contribution in [3.05, 3.63) is 35.3 Å². The quantitative estimate of drug-likeness (QED) is 0.171. The predicted octanol–water partition coefficient (Wildman–Crippen LogP) is -0.299. The Kier molecular flexibility index (Phi) is 6.52. The number of nitrogens with zero attached hydrogens (tertiary/aromatic N) is 6. The molecule has 8 heterocycles. The Balaban J connectivity index is 1.12. The van der Waals surface area contributed by atoms with Gasteiger partial charge in [0.2, 0.25) is 5.95 Å². The number of nitrogen functional groups attached to an aromatic ring is 2. The highest BCUT2D eigenvalue weighted by atomic mass is 31.2. The van der Waals surface area contributed by atoms with Gasteiger partial charge in [-0.2, -0.15) is 4.98 Å². The smallest absolute Gasteiger partial charge is 0.397 e. The summed E-state index contributed by atoms with van der Waals surface area (Å²) < 4.78 is 69.5. The van der Waals surface area contributed by atoms with E-state index in [9.17, 15) is 23.7 Å². The van der Waals surface area contributed by atoms with E-state index in [1.165, 1.54) is 28.0 Å². The molecule has 4 aromatic heterocycles. The Morgan fingerprint density at radius 3 is 2.56 bits per heavy atom. The molecule has 8 rings (SSSR count). The minimum absolute atomic E-state index is 0.00642. The molecule has 4 saturated heterocycles. The van der Waals surface area contributed by atoms with Crippen molar-refractivity contribution >= 4 is 49.6 Å². The lowest BCUT2D eigenvalue weighted by molar-refractivity contribution is -0.184. The van der Waals surface area contributed by atoms with Crippen LogP contribution in [0.2, 0.25) is 0 Å². The number of hydrogen-bond donors (Lipinski definition) is 5. The molecule has 21 nitrogen and oxygen atoms in total. The van der Waals surface area contributed by atoms with Crippen molar-refractivity contribution in [1.82, 2.24) is 34.1 Å². The fourth-order valence-electron chi connectivity index (χ4n) is 6.05. The molecule has 4 aromatic rings. The number of anilines is 2. The standard InChI is InChI=1S/C22H25N9O12P2/c23-10-1-2-25-16-12(10)26-7-30(16)20-14-15-22(41-20,5-37-14)6-39-45(35,36)42-11-3-9(4-38-44(33,34)43-15)40-19(11)31-8-27-13-17(31)28-21(24)29-18(13)32/h1-2,7-9,11,14-15,19-20H,3-6H2,(H2,23,25)(H,33,34)(H,35,36)(H3,24,28,29,32)/t9-,11-,14-,15?,19+,20+,22+/m0/s1. The number of nitrogens with two attached hydrogens (primary N) is 2. The van der Waals surface area contributed by atoms with Crippen molar-refractivity contribution < 1.29 is 51.2 Å². The van der Waals surface area contributed by atoms with Gasteiger partial charge in [0.1, 0.15) is 29.4 Å². The number of ether oxygens (including phenoxy) is 3. The first-order valence-electron chi connectivity index (χ1n) is 13.5. The minimum atomic E-state index is -4.90. The third-order valence-electron chi connectivity index (χ3n) is 8.02. The third kappa shape index (κ3) is 4.79. The molecule has 7 N–H and O–H groups in total. The number of fused-ring (bicyclic) bond motifs is 4. The number of phosphoric ester groups is 2. The lowest BCUT2D eigenvalue weighted by Gasteiger charge is -2.32. The maximum Gasteiger partial charge on any atom is 0.472 e. The summed E-state index contributed by atoms with van der Waals surface area (Å²) in [6, 6.07) is 1.57. The van der Waals surface area contributed by atoms with Crippen molar-refractivity contribution in [1.29, 1.82) is 0 Å². The van der Waals surface area contributed by atoms with Gasteiger partial charge in [-0.05, 0) is 6.07 Å². The van der Waals surface area contributed by atoms with Gasteiger partial charge in [-0.3, -0.25) is 37.0 Å². The second-order valence-corrected chi connectivity index (χ2v) is 13.7. The van der Waals surface area contributed by atoms with Crippen LogP contribution in [0.3, 0.4) is 0 Å². The molecular formula is C22H25N9O12P2. The van der Waals surface area contributed by atoms with Crippen LogP contribution in [0.15, 0.2) is 29.7 Å². The van der Waals surface area contributed by atoms with E-state index in [4.69, 9.17) is 43.8 Å². The SMILES string of the molecule is Nc1nc2c(ncn2[C@@H]2O[C@@H]3COP(=O)(O)OC4[C@@H]5OC[C@]4(COP(=O)(O)O[C@H]2C3)O[C@H]5n2cnc3c(N)ccnc32)c(=O)[nH]1. The summed E-state index contributed by atoms with van der Waals surface area (Å²) in [4.78, 5) is 53.0. The van der Waals surface area contributed by atoms with Gasteiger partial charge in [0.15, 0.2) is 29.3 Å². The summed E-state index contributed by atoms with van der Waals surface area (Å²) in [6.07, 6.45) is -2.69. The van der Waals surface area contributed by atoms with E-state index in [1.54, 1.807) is 6.07 Å². The molecule has 0 aliphatic carbocycles. The van der Waals surface area contributed by atoms with Crippen LogP contribution in [-0.4, -0.2) is 93.7 Å². The highest BCUT2D eigenvalue weighted by Crippen LogP contribution is 2.58. The number of pyridine rings is 1. The van der Waals surface area contributed by atoms with Gasteiger partial charge in [-0.15, -0.1) is 0 Å². The lowest BCUT2D eigenvalue weighted by Crippen LogP contribution is -2.45. The molecule has 9 atom stereocenters. The molecule has 4 aliphatic heterocycles. The maximum atomic E-state index is 13.4. The van der Waals surface area contributed by atoms with Crippen molar-refractivity contribution in [2.45, 2.75) is 48.9 Å². The van der Waals surface area contributed by atoms with Gasteiger partial charge in [-0.25, -0.2) is 24.1 Å². The van der Waals surface area contributed by atoms with E-state index in [2.05, 4.69) is 24.9 Å². The Morgan fingerprint density at radius 1 is 0.978 bits per heavy atom. The molecule has 4 aliphatic rings. The highest BCUT2D eigenvalue weighted by Gasteiger charge is 2.66. The zero-order valence-electron chi connectivity index (χ0n) is 22.8. The third-order valence-corrected chi connectivity index (χ3v) is 9.98. The number of imidazole rings is 2. The second kappa shape index (κ2) is 10.1. The molecule has 23 heteroatoms. The zero-order valence-corrected chi connectivity index (χ0v) is 24.6. The number of rotatable bonds is 2. The van der Waals surface area contributed by atoms with E-state index in [0.717, 1.165) is 0 Å². The Hall–Kier alpha value is -3.33. The van der Waals surface area contributed by atoms with Crippen molar-refractivity contribution in [2.75, 3.05) is 31.3 Å². The number of phosphoric acid groups is 2. The molecular weight excluding hydrogens is 644 g/mol. The molecule has 4 bridgehead atoms.